The molecule has 5 aromatic carbocycles. The molecule has 0 fully saturated rings. The minimum Gasteiger partial charge on any atom is -0.456 e. The van der Waals surface area contributed by atoms with Gasteiger partial charge in [0.25, 0.3) is 0 Å². The van der Waals surface area contributed by atoms with Gasteiger partial charge >= 0.3 is 0 Å². The second kappa shape index (κ2) is 8.73. The number of nitrogens with zero attached hydrogens (tertiary/aromatic N) is 3. The quantitative estimate of drug-likeness (QED) is 0.214. The molecule has 3 aromatic heterocycles. The summed E-state index contributed by atoms with van der Waals surface area (Å²) in [4.78, 5) is 0. The van der Waals surface area contributed by atoms with Gasteiger partial charge in [-0.25, -0.2) is 0 Å². The van der Waals surface area contributed by atoms with E-state index in [0.29, 0.717) is 12.0 Å². The molecule has 0 amide bonds. The van der Waals surface area contributed by atoms with Crippen LogP contribution in [0.4, 0.5) is 0 Å². The maximum Gasteiger partial charge on any atom is 0.136 e. The predicted molar refractivity (Wildman–Crippen MR) is 170 cm³/mol. The van der Waals surface area contributed by atoms with Crippen molar-refractivity contribution in [3.63, 3.8) is 0 Å². The maximum atomic E-state index is 9.89. The van der Waals surface area contributed by atoms with Gasteiger partial charge in [-0.2, -0.15) is 10.5 Å². The molecule has 0 N–H and O–H groups in total. The van der Waals surface area contributed by atoms with Crippen LogP contribution in [-0.4, -0.2) is 4.57 Å². The number of allylic oxidation sites excluding steroid dienone is 1. The molecule has 200 valence electrons. The van der Waals surface area contributed by atoms with E-state index in [2.05, 4.69) is 77.4 Å². The number of aromatic nitrogens is 1. The normalized spacial score (nSPS) is 14.5. The van der Waals surface area contributed by atoms with Crippen molar-refractivity contribution in [3.05, 3.63) is 120 Å². The second-order valence-electron chi connectivity index (χ2n) is 11.1. The van der Waals surface area contributed by atoms with Gasteiger partial charge in [-0.1, -0.05) is 48.5 Å². The average molecular weight is 552 g/mol. The van der Waals surface area contributed by atoms with Crippen molar-refractivity contribution < 1.29 is 8.83 Å². The number of rotatable bonds is 2. The third-order valence-electron chi connectivity index (χ3n) is 8.74. The Labute approximate surface area is 245 Å². The lowest BCUT2D eigenvalue weighted by molar-refractivity contribution is 0.590. The molecule has 43 heavy (non-hydrogen) atoms. The molecular formula is C38H21N3O2. The molecule has 0 spiro atoms. The smallest absolute Gasteiger partial charge is 0.136 e. The monoisotopic (exact) mass is 551 g/mol. The van der Waals surface area contributed by atoms with E-state index in [1.807, 2.05) is 48.6 Å². The SMILES string of the molecule is N#Cc1ccc(-n2c3ccccc3c3ccccc32)c(-c2ccc3oc4ccc5oc6c(c5c4c3c2)CC(C#N)C=C6)c1. The van der Waals surface area contributed by atoms with Crippen LogP contribution in [0.2, 0.25) is 0 Å². The predicted octanol–water partition coefficient (Wildman–Crippen LogP) is 9.68. The zero-order valence-corrected chi connectivity index (χ0v) is 22.8. The van der Waals surface area contributed by atoms with Gasteiger partial charge in [0.15, 0.2) is 0 Å². The third kappa shape index (κ3) is 3.31. The lowest BCUT2D eigenvalue weighted by Gasteiger charge is -2.15. The Bertz CT molecular complexity index is 2530. The lowest BCUT2D eigenvalue weighted by atomic mass is 9.91. The van der Waals surface area contributed by atoms with Gasteiger partial charge in [-0.3, -0.25) is 0 Å². The van der Waals surface area contributed by atoms with Crippen molar-refractivity contribution in [2.75, 3.05) is 0 Å². The first-order valence-corrected chi connectivity index (χ1v) is 14.2. The number of fused-ring (bicyclic) bond motifs is 10. The van der Waals surface area contributed by atoms with Gasteiger partial charge in [0.05, 0.1) is 40.3 Å². The van der Waals surface area contributed by atoms with Crippen LogP contribution in [0.5, 0.6) is 0 Å². The topological polar surface area (TPSA) is 78.8 Å². The van der Waals surface area contributed by atoms with E-state index < -0.39 is 0 Å². The number of hydrogen-bond donors (Lipinski definition) is 0. The van der Waals surface area contributed by atoms with Crippen molar-refractivity contribution in [1.29, 1.82) is 10.5 Å². The Morgan fingerprint density at radius 2 is 1.42 bits per heavy atom. The van der Waals surface area contributed by atoms with E-state index in [0.717, 1.165) is 72.1 Å². The van der Waals surface area contributed by atoms with Crippen LogP contribution >= 0.6 is 0 Å². The molecular weight excluding hydrogens is 530 g/mol. The van der Waals surface area contributed by atoms with Crippen LogP contribution in [0.3, 0.4) is 0 Å². The standard InChI is InChI=1S/C38H21N3O2/c39-20-22-9-12-32(41-30-7-3-1-5-25(30)26-6-2-4-8-31(26)41)27(17-22)24-11-14-34-29(19-24)38-36(43-34)16-15-35-37(38)28-18-23(21-40)10-13-33(28)42-35/h1-17,19,23H,18H2. The van der Waals surface area contributed by atoms with Crippen LogP contribution in [0.15, 0.2) is 112 Å². The summed E-state index contributed by atoms with van der Waals surface area (Å²) in [5, 5.41) is 24.9. The summed E-state index contributed by atoms with van der Waals surface area (Å²) in [6.07, 6.45) is 4.42. The molecule has 3 heterocycles. The van der Waals surface area contributed by atoms with E-state index in [9.17, 15) is 10.5 Å². The first kappa shape index (κ1) is 23.6. The van der Waals surface area contributed by atoms with Gasteiger partial charge < -0.3 is 13.4 Å². The van der Waals surface area contributed by atoms with Crippen molar-refractivity contribution >= 4 is 60.8 Å². The Hall–Kier alpha value is -6.04. The molecule has 5 nitrogen and oxygen atoms in total. The molecule has 9 rings (SSSR count). The number of para-hydroxylation sites is 2. The van der Waals surface area contributed by atoms with Crippen molar-refractivity contribution in [3.8, 4) is 29.0 Å². The first-order chi connectivity index (χ1) is 21.2. The highest BCUT2D eigenvalue weighted by molar-refractivity contribution is 6.20. The molecule has 0 saturated carbocycles. The Balaban J connectivity index is 1.35. The Morgan fingerprint density at radius 3 is 2.16 bits per heavy atom. The zero-order chi connectivity index (χ0) is 28.7. The molecule has 5 heteroatoms. The molecule has 8 aromatic rings. The second-order valence-corrected chi connectivity index (χ2v) is 11.1. The number of hydrogen-bond acceptors (Lipinski definition) is 4. The molecule has 0 aliphatic heterocycles. The van der Waals surface area contributed by atoms with Gasteiger partial charge in [-0.15, -0.1) is 0 Å². The minimum atomic E-state index is -0.195. The number of benzene rings is 5. The van der Waals surface area contributed by atoms with E-state index >= 15 is 0 Å². The van der Waals surface area contributed by atoms with E-state index in [1.54, 1.807) is 0 Å². The fourth-order valence-corrected chi connectivity index (χ4v) is 6.84. The Morgan fingerprint density at radius 1 is 0.698 bits per heavy atom. The number of furan rings is 2. The van der Waals surface area contributed by atoms with E-state index in [1.165, 1.54) is 10.8 Å². The molecule has 0 bridgehead atoms. The highest BCUT2D eigenvalue weighted by atomic mass is 16.3. The summed E-state index contributed by atoms with van der Waals surface area (Å²) in [5.74, 6) is 0.606. The van der Waals surface area contributed by atoms with Crippen molar-refractivity contribution in [1.82, 2.24) is 4.57 Å². The summed E-state index contributed by atoms with van der Waals surface area (Å²) < 4.78 is 14.9. The fourth-order valence-electron chi connectivity index (χ4n) is 6.84. The summed E-state index contributed by atoms with van der Waals surface area (Å²) in [5.41, 5.74) is 9.12. The van der Waals surface area contributed by atoms with E-state index in [4.69, 9.17) is 8.83 Å². The number of nitriles is 2. The molecule has 1 atom stereocenters. The molecule has 1 unspecified atom stereocenters. The molecule has 0 radical (unpaired) electrons. The van der Waals surface area contributed by atoms with Crippen LogP contribution < -0.4 is 0 Å². The third-order valence-corrected chi connectivity index (χ3v) is 8.74. The zero-order valence-electron chi connectivity index (χ0n) is 22.8. The van der Waals surface area contributed by atoms with Crippen molar-refractivity contribution in [2.24, 2.45) is 5.92 Å². The average Bonchev–Trinajstić information content (AvgIpc) is 3.73. The van der Waals surface area contributed by atoms with Gasteiger partial charge in [-0.05, 0) is 72.7 Å². The first-order valence-electron chi connectivity index (χ1n) is 14.2. The van der Waals surface area contributed by atoms with Gasteiger partial charge in [0, 0.05) is 38.1 Å². The Kier molecular flexibility index (Phi) is 4.80. The minimum absolute atomic E-state index is 0.195. The van der Waals surface area contributed by atoms with Crippen molar-refractivity contribution in [2.45, 2.75) is 6.42 Å². The summed E-state index contributed by atoms with van der Waals surface area (Å²) in [6.45, 7) is 0. The highest BCUT2D eigenvalue weighted by Gasteiger charge is 2.24. The van der Waals surface area contributed by atoms with Crippen LogP contribution in [0.1, 0.15) is 16.9 Å². The molecule has 1 aliphatic rings. The molecule has 0 saturated heterocycles. The van der Waals surface area contributed by atoms with E-state index in [-0.39, 0.29) is 5.92 Å². The van der Waals surface area contributed by atoms with Crippen LogP contribution in [-0.2, 0) is 6.42 Å². The lowest BCUT2D eigenvalue weighted by Crippen LogP contribution is -2.02. The maximum absolute atomic E-state index is 9.89. The highest BCUT2D eigenvalue weighted by Crippen LogP contribution is 2.43. The largest absolute Gasteiger partial charge is 0.456 e. The van der Waals surface area contributed by atoms with Gasteiger partial charge in [0.1, 0.15) is 22.5 Å². The van der Waals surface area contributed by atoms with Crippen LogP contribution in [0.25, 0.3) is 77.6 Å². The summed E-state index contributed by atoms with van der Waals surface area (Å²) >= 11 is 0. The molecule has 1 aliphatic carbocycles. The summed E-state index contributed by atoms with van der Waals surface area (Å²) in [6, 6.07) is 37.6. The fraction of sp³-hybridized carbons (Fsp3) is 0.0526. The van der Waals surface area contributed by atoms with Gasteiger partial charge in [0.2, 0.25) is 0 Å². The van der Waals surface area contributed by atoms with Crippen LogP contribution in [0, 0.1) is 28.6 Å². The summed E-state index contributed by atoms with van der Waals surface area (Å²) in [7, 11) is 0.